The van der Waals surface area contributed by atoms with E-state index in [1.54, 1.807) is 0 Å². The van der Waals surface area contributed by atoms with Gasteiger partial charge >= 0.3 is 31.1 Å². The van der Waals surface area contributed by atoms with Gasteiger partial charge in [-0.25, -0.2) is 0 Å². The monoisotopic (exact) mass is 396 g/mol. The Bertz CT molecular complexity index is 931. The van der Waals surface area contributed by atoms with Gasteiger partial charge in [0.2, 0.25) is 0 Å². The van der Waals surface area contributed by atoms with Crippen LogP contribution in [0.2, 0.25) is 0 Å². The number of hydrogen-bond donors (Lipinski definition) is 1. The third-order valence-electron chi connectivity index (χ3n) is 2.77. The van der Waals surface area contributed by atoms with Crippen molar-refractivity contribution in [1.29, 1.82) is 0 Å². The molecule has 2 rings (SSSR count). The number of benzene rings is 1. The summed E-state index contributed by atoms with van der Waals surface area (Å²) in [5.41, 5.74) is -13.6. The zero-order valence-electron chi connectivity index (χ0n) is 11.1. The normalized spacial score (nSPS) is 14.1. The maximum Gasteiger partial charge on any atom is 0.517 e. The van der Waals surface area contributed by atoms with Crippen LogP contribution in [0.5, 0.6) is 0 Å². The number of hydrogen-bond acceptors (Lipinski definition) is 4. The Hall–Kier alpha value is -1.96. The predicted octanol–water partition coefficient (Wildman–Crippen LogP) is 2.67. The first-order valence-corrected chi connectivity index (χ1v) is 8.58. The van der Waals surface area contributed by atoms with E-state index in [-0.39, 0.29) is 10.9 Å². The van der Waals surface area contributed by atoms with Crippen molar-refractivity contribution in [2.24, 2.45) is 0 Å². The summed E-state index contributed by atoms with van der Waals surface area (Å²) >= 11 is 0. The van der Waals surface area contributed by atoms with E-state index in [9.17, 15) is 43.2 Å². The minimum Gasteiger partial charge on any atom is -0.361 e. The van der Waals surface area contributed by atoms with E-state index < -0.39 is 40.5 Å². The van der Waals surface area contributed by atoms with E-state index >= 15 is 0 Å². The Morgan fingerprint density at radius 1 is 0.833 bits per heavy atom. The third-order valence-corrected chi connectivity index (χ3v) is 6.41. The number of aromatic amines is 1. The van der Waals surface area contributed by atoms with E-state index in [2.05, 4.69) is 4.98 Å². The first-order chi connectivity index (χ1) is 10.7. The molecular formula is C10H6F6N2O4S2. The number of sulfonamides is 2. The SMILES string of the molecule is O=S(=O)(N(c1ccc2[nH]ccc2c1)S(=O)(=O)C(F)(F)F)C(F)(F)F. The first-order valence-electron chi connectivity index (χ1n) is 5.70. The van der Waals surface area contributed by atoms with Crippen molar-refractivity contribution in [1.82, 2.24) is 4.98 Å². The number of nitrogens with zero attached hydrogens (tertiary/aromatic N) is 1. The molecule has 0 spiro atoms. The summed E-state index contributed by atoms with van der Waals surface area (Å²) in [6, 6.07) is 3.22. The molecule has 134 valence electrons. The van der Waals surface area contributed by atoms with E-state index in [4.69, 9.17) is 0 Å². The minimum atomic E-state index is -6.87. The maximum absolute atomic E-state index is 12.7. The third kappa shape index (κ3) is 2.79. The Morgan fingerprint density at radius 2 is 1.33 bits per heavy atom. The van der Waals surface area contributed by atoms with Gasteiger partial charge in [0.05, 0.1) is 5.69 Å². The van der Waals surface area contributed by atoms with Crippen LogP contribution in [0.1, 0.15) is 0 Å². The van der Waals surface area contributed by atoms with Gasteiger partial charge in [0.15, 0.2) is 0 Å². The van der Waals surface area contributed by atoms with Crippen molar-refractivity contribution in [2.45, 2.75) is 11.0 Å². The number of H-pyrrole nitrogens is 1. The Balaban J connectivity index is 2.82. The Labute approximate surface area is 130 Å². The molecule has 0 bridgehead atoms. The van der Waals surface area contributed by atoms with E-state index in [0.29, 0.717) is 12.1 Å². The maximum atomic E-state index is 12.7. The average molecular weight is 396 g/mol. The number of aromatic nitrogens is 1. The van der Waals surface area contributed by atoms with E-state index in [1.807, 2.05) is 0 Å². The summed E-state index contributed by atoms with van der Waals surface area (Å²) in [5, 5.41) is 0.00671. The lowest BCUT2D eigenvalue weighted by atomic mass is 10.2. The quantitative estimate of drug-likeness (QED) is 0.809. The van der Waals surface area contributed by atoms with Gasteiger partial charge in [0.25, 0.3) is 0 Å². The van der Waals surface area contributed by atoms with Gasteiger partial charge in [-0.1, -0.05) is 0 Å². The van der Waals surface area contributed by atoms with Crippen molar-refractivity contribution in [3.05, 3.63) is 30.5 Å². The fourth-order valence-electron chi connectivity index (χ4n) is 1.75. The lowest BCUT2D eigenvalue weighted by Crippen LogP contribution is -2.49. The van der Waals surface area contributed by atoms with Crippen molar-refractivity contribution in [3.8, 4) is 0 Å². The molecule has 24 heavy (non-hydrogen) atoms. The lowest BCUT2D eigenvalue weighted by Gasteiger charge is -2.25. The molecule has 0 saturated carbocycles. The molecule has 1 aromatic carbocycles. The van der Waals surface area contributed by atoms with Crippen LogP contribution >= 0.6 is 0 Å². The van der Waals surface area contributed by atoms with Crippen LogP contribution in [0.25, 0.3) is 10.9 Å². The second-order valence-electron chi connectivity index (χ2n) is 4.35. The van der Waals surface area contributed by atoms with Crippen molar-refractivity contribution >= 4 is 36.6 Å². The fraction of sp³-hybridized carbons (Fsp3) is 0.200. The van der Waals surface area contributed by atoms with Crippen LogP contribution in [-0.2, 0) is 20.0 Å². The lowest BCUT2D eigenvalue weighted by molar-refractivity contribution is -0.0462. The summed E-state index contributed by atoms with van der Waals surface area (Å²) in [6.07, 6.45) is 1.27. The Kier molecular flexibility index (Phi) is 4.04. The van der Waals surface area contributed by atoms with Gasteiger partial charge < -0.3 is 4.98 Å². The second-order valence-corrected chi connectivity index (χ2v) is 8.14. The zero-order valence-corrected chi connectivity index (χ0v) is 12.7. The summed E-state index contributed by atoms with van der Waals surface area (Å²) in [7, 11) is -13.7. The van der Waals surface area contributed by atoms with Crippen LogP contribution in [0.3, 0.4) is 0 Å². The van der Waals surface area contributed by atoms with Crippen molar-refractivity contribution in [3.63, 3.8) is 0 Å². The Morgan fingerprint density at radius 3 is 1.79 bits per heavy atom. The summed E-state index contributed by atoms with van der Waals surface area (Å²) < 4.78 is 120. The van der Waals surface area contributed by atoms with Crippen LogP contribution in [0, 0.1) is 0 Å². The number of rotatable bonds is 3. The highest BCUT2D eigenvalue weighted by molar-refractivity contribution is 8.11. The summed E-state index contributed by atoms with van der Waals surface area (Å²) in [5.74, 6) is 0. The van der Waals surface area contributed by atoms with Crippen LogP contribution < -0.4 is 3.71 Å². The highest BCUT2D eigenvalue weighted by Gasteiger charge is 2.61. The molecule has 0 amide bonds. The number of nitrogens with one attached hydrogen (secondary N) is 1. The molecule has 1 N–H and O–H groups in total. The van der Waals surface area contributed by atoms with Crippen molar-refractivity contribution < 1.29 is 43.2 Å². The van der Waals surface area contributed by atoms with Crippen LogP contribution in [0.4, 0.5) is 32.0 Å². The fourth-order valence-corrected chi connectivity index (χ4v) is 4.45. The number of halogens is 6. The standard InChI is InChI=1S/C10H6F6N2O4S2/c11-9(12,13)23(19,20)18(24(21,22)10(14,15)16)7-1-2-8-6(5-7)3-4-17-8/h1-5,17H. The summed E-state index contributed by atoms with van der Waals surface area (Å²) in [6.45, 7) is 0. The topological polar surface area (TPSA) is 87.3 Å². The number of alkyl halides is 6. The molecule has 1 heterocycles. The molecule has 0 fully saturated rings. The molecule has 14 heteroatoms. The van der Waals surface area contributed by atoms with E-state index in [0.717, 1.165) is 6.07 Å². The molecule has 0 atom stereocenters. The van der Waals surface area contributed by atoms with Gasteiger partial charge in [-0.05, 0) is 24.3 Å². The molecule has 6 nitrogen and oxygen atoms in total. The highest BCUT2D eigenvalue weighted by Crippen LogP contribution is 2.39. The zero-order chi connectivity index (χ0) is 18.6. The smallest absolute Gasteiger partial charge is 0.361 e. The molecule has 2 aromatic rings. The van der Waals surface area contributed by atoms with Crippen LogP contribution in [-0.4, -0.2) is 32.8 Å². The number of anilines is 1. The van der Waals surface area contributed by atoms with Gasteiger partial charge in [-0.3, -0.25) is 0 Å². The van der Waals surface area contributed by atoms with Crippen molar-refractivity contribution in [2.75, 3.05) is 3.71 Å². The molecular weight excluding hydrogens is 390 g/mol. The molecule has 0 saturated heterocycles. The molecule has 0 aliphatic heterocycles. The number of fused-ring (bicyclic) bond motifs is 1. The average Bonchev–Trinajstić information content (AvgIpc) is 2.82. The summed E-state index contributed by atoms with van der Waals surface area (Å²) in [4.78, 5) is 2.56. The second kappa shape index (κ2) is 5.27. The van der Waals surface area contributed by atoms with Gasteiger partial charge in [0.1, 0.15) is 0 Å². The van der Waals surface area contributed by atoms with Crippen LogP contribution in [0.15, 0.2) is 30.5 Å². The predicted molar refractivity (Wildman–Crippen MR) is 70.7 cm³/mol. The molecule has 0 unspecified atom stereocenters. The molecule has 1 aromatic heterocycles. The van der Waals surface area contributed by atoms with Gasteiger partial charge in [-0.2, -0.15) is 43.2 Å². The van der Waals surface area contributed by atoms with Gasteiger partial charge in [-0.15, -0.1) is 3.71 Å². The highest BCUT2D eigenvalue weighted by atomic mass is 32.3. The molecule has 0 aliphatic rings. The molecule has 0 radical (unpaired) electrons. The minimum absolute atomic E-state index is 0.00671. The van der Waals surface area contributed by atoms with Gasteiger partial charge in [0, 0.05) is 17.1 Å². The molecule has 0 aliphatic carbocycles. The largest absolute Gasteiger partial charge is 0.517 e. The van der Waals surface area contributed by atoms with E-state index in [1.165, 1.54) is 12.3 Å². The first kappa shape index (κ1) is 18.4.